The molecule has 2 aromatic rings. The smallest absolute Gasteiger partial charge is 0.307 e. The minimum atomic E-state index is -0.914. The number of benzene rings is 1. The van der Waals surface area contributed by atoms with E-state index in [4.69, 9.17) is 9.84 Å². The number of carbonyl (C=O) groups is 2. The SMILES string of the molecule is COc1ccc(-c2n[nH]c(CNC(=O)C3CCC3C(=O)O)n2)cc1. The van der Waals surface area contributed by atoms with Crippen molar-refractivity contribution in [2.45, 2.75) is 19.4 Å². The number of carboxylic acid groups (broad SMARTS) is 1. The Kier molecular flexibility index (Phi) is 4.45. The van der Waals surface area contributed by atoms with Crippen LogP contribution in [0.4, 0.5) is 0 Å². The molecule has 8 heteroatoms. The van der Waals surface area contributed by atoms with Gasteiger partial charge in [0.25, 0.3) is 0 Å². The quantitative estimate of drug-likeness (QED) is 0.733. The number of aromatic amines is 1. The van der Waals surface area contributed by atoms with Gasteiger partial charge in [-0.1, -0.05) is 0 Å². The first-order chi connectivity index (χ1) is 11.6. The molecule has 0 radical (unpaired) electrons. The monoisotopic (exact) mass is 330 g/mol. The van der Waals surface area contributed by atoms with Gasteiger partial charge < -0.3 is 15.2 Å². The summed E-state index contributed by atoms with van der Waals surface area (Å²) in [4.78, 5) is 27.3. The number of methoxy groups -OCH3 is 1. The number of hydrogen-bond donors (Lipinski definition) is 3. The molecular weight excluding hydrogens is 312 g/mol. The highest BCUT2D eigenvalue weighted by Crippen LogP contribution is 2.34. The maximum atomic E-state index is 12.0. The highest BCUT2D eigenvalue weighted by Gasteiger charge is 2.41. The Balaban J connectivity index is 1.58. The summed E-state index contributed by atoms with van der Waals surface area (Å²) in [6.45, 7) is 0.185. The number of aromatic nitrogens is 3. The van der Waals surface area contributed by atoms with Gasteiger partial charge in [-0.25, -0.2) is 4.98 Å². The van der Waals surface area contributed by atoms with Gasteiger partial charge in [0.1, 0.15) is 11.6 Å². The third-order valence-corrected chi connectivity index (χ3v) is 4.24. The molecule has 0 saturated heterocycles. The van der Waals surface area contributed by atoms with E-state index < -0.39 is 17.8 Å². The zero-order chi connectivity index (χ0) is 17.1. The molecule has 126 valence electrons. The van der Waals surface area contributed by atoms with Crippen LogP contribution in [0.2, 0.25) is 0 Å². The highest BCUT2D eigenvalue weighted by molar-refractivity contribution is 5.86. The molecule has 1 fully saturated rings. The molecule has 1 aliphatic carbocycles. The first-order valence-electron chi connectivity index (χ1n) is 7.64. The Morgan fingerprint density at radius 2 is 2.00 bits per heavy atom. The Morgan fingerprint density at radius 1 is 1.29 bits per heavy atom. The van der Waals surface area contributed by atoms with Crippen LogP contribution in [0.15, 0.2) is 24.3 Å². The van der Waals surface area contributed by atoms with Gasteiger partial charge in [0, 0.05) is 5.56 Å². The summed E-state index contributed by atoms with van der Waals surface area (Å²) in [5.41, 5.74) is 0.828. The lowest BCUT2D eigenvalue weighted by Crippen LogP contribution is -2.43. The topological polar surface area (TPSA) is 117 Å². The molecule has 1 aromatic heterocycles. The van der Waals surface area contributed by atoms with Gasteiger partial charge >= 0.3 is 5.97 Å². The molecule has 0 aliphatic heterocycles. The van der Waals surface area contributed by atoms with E-state index in [1.165, 1.54) is 0 Å². The second-order valence-electron chi connectivity index (χ2n) is 5.68. The van der Waals surface area contributed by atoms with Gasteiger partial charge in [-0.05, 0) is 37.1 Å². The minimum absolute atomic E-state index is 0.185. The molecule has 1 saturated carbocycles. The highest BCUT2D eigenvalue weighted by atomic mass is 16.5. The average molecular weight is 330 g/mol. The van der Waals surface area contributed by atoms with Gasteiger partial charge in [0.05, 0.1) is 25.5 Å². The minimum Gasteiger partial charge on any atom is -0.497 e. The van der Waals surface area contributed by atoms with E-state index in [9.17, 15) is 9.59 Å². The fraction of sp³-hybridized carbons (Fsp3) is 0.375. The Bertz CT molecular complexity index is 741. The second kappa shape index (κ2) is 6.69. The number of amides is 1. The maximum Gasteiger partial charge on any atom is 0.307 e. The summed E-state index contributed by atoms with van der Waals surface area (Å²) in [6, 6.07) is 7.32. The summed E-state index contributed by atoms with van der Waals surface area (Å²) in [7, 11) is 1.60. The first-order valence-corrected chi connectivity index (χ1v) is 7.64. The van der Waals surface area contributed by atoms with Crippen LogP contribution in [0.3, 0.4) is 0 Å². The fourth-order valence-corrected chi connectivity index (χ4v) is 2.65. The van der Waals surface area contributed by atoms with Gasteiger partial charge in [0.2, 0.25) is 5.91 Å². The van der Waals surface area contributed by atoms with Crippen molar-refractivity contribution in [2.75, 3.05) is 7.11 Å². The van der Waals surface area contributed by atoms with Crippen molar-refractivity contribution >= 4 is 11.9 Å². The number of nitrogens with zero attached hydrogens (tertiary/aromatic N) is 2. The number of carboxylic acids is 1. The zero-order valence-electron chi connectivity index (χ0n) is 13.2. The predicted octanol–water partition coefficient (Wildman–Crippen LogP) is 1.21. The van der Waals surface area contributed by atoms with Crippen LogP contribution in [0.1, 0.15) is 18.7 Å². The van der Waals surface area contributed by atoms with Crippen molar-refractivity contribution in [3.8, 4) is 17.1 Å². The number of nitrogens with one attached hydrogen (secondary N) is 2. The Morgan fingerprint density at radius 3 is 2.58 bits per heavy atom. The van der Waals surface area contributed by atoms with Crippen LogP contribution >= 0.6 is 0 Å². The van der Waals surface area contributed by atoms with E-state index in [1.54, 1.807) is 7.11 Å². The standard InChI is InChI=1S/C16H18N4O4/c1-24-10-4-2-9(3-5-10)14-18-13(19-20-14)8-17-15(21)11-6-7-12(11)16(22)23/h2-5,11-12H,6-8H2,1H3,(H,17,21)(H,22,23)(H,18,19,20). The normalized spacial score (nSPS) is 19.4. The average Bonchev–Trinajstić information content (AvgIpc) is 3.00. The summed E-state index contributed by atoms with van der Waals surface area (Å²) in [5, 5.41) is 18.6. The molecule has 1 amide bonds. The summed E-state index contributed by atoms with van der Waals surface area (Å²) < 4.78 is 5.10. The predicted molar refractivity (Wildman–Crippen MR) is 84.1 cm³/mol. The second-order valence-corrected chi connectivity index (χ2v) is 5.68. The van der Waals surface area contributed by atoms with Crippen molar-refractivity contribution in [1.82, 2.24) is 20.5 Å². The number of H-pyrrole nitrogens is 1. The van der Waals surface area contributed by atoms with Crippen LogP contribution in [0.25, 0.3) is 11.4 Å². The largest absolute Gasteiger partial charge is 0.497 e. The lowest BCUT2D eigenvalue weighted by atomic mass is 9.73. The Labute approximate surface area is 138 Å². The Hall–Kier alpha value is -2.90. The maximum absolute atomic E-state index is 12.0. The van der Waals surface area contributed by atoms with Crippen LogP contribution in [-0.4, -0.2) is 39.3 Å². The van der Waals surface area contributed by atoms with Gasteiger partial charge in [-0.15, -0.1) is 0 Å². The molecule has 3 N–H and O–H groups in total. The molecule has 1 aliphatic rings. The lowest BCUT2D eigenvalue weighted by Gasteiger charge is -2.31. The molecule has 1 aromatic carbocycles. The first kappa shape index (κ1) is 16.0. The van der Waals surface area contributed by atoms with Crippen molar-refractivity contribution in [2.24, 2.45) is 11.8 Å². The number of aliphatic carboxylic acids is 1. The van der Waals surface area contributed by atoms with Crippen LogP contribution in [0, 0.1) is 11.8 Å². The number of carbonyl (C=O) groups excluding carboxylic acids is 1. The van der Waals surface area contributed by atoms with Crippen LogP contribution in [-0.2, 0) is 16.1 Å². The van der Waals surface area contributed by atoms with Crippen molar-refractivity contribution in [1.29, 1.82) is 0 Å². The molecule has 2 unspecified atom stereocenters. The molecule has 1 heterocycles. The number of ether oxygens (including phenoxy) is 1. The van der Waals surface area contributed by atoms with E-state index in [1.807, 2.05) is 24.3 Å². The van der Waals surface area contributed by atoms with Crippen molar-refractivity contribution in [3.63, 3.8) is 0 Å². The van der Waals surface area contributed by atoms with Crippen molar-refractivity contribution < 1.29 is 19.4 Å². The zero-order valence-corrected chi connectivity index (χ0v) is 13.2. The molecule has 2 atom stereocenters. The van der Waals surface area contributed by atoms with E-state index >= 15 is 0 Å². The molecule has 0 bridgehead atoms. The molecular formula is C16H18N4O4. The number of hydrogen-bond acceptors (Lipinski definition) is 5. The van der Waals surface area contributed by atoms with Gasteiger partial charge in [-0.2, -0.15) is 5.10 Å². The lowest BCUT2D eigenvalue weighted by molar-refractivity contribution is -0.152. The van der Waals surface area contributed by atoms with E-state index in [0.29, 0.717) is 24.5 Å². The van der Waals surface area contributed by atoms with E-state index in [-0.39, 0.29) is 12.5 Å². The molecule has 3 rings (SSSR count). The summed E-state index contributed by atoms with van der Waals surface area (Å²) in [6.07, 6.45) is 1.16. The van der Waals surface area contributed by atoms with Gasteiger partial charge in [-0.3, -0.25) is 14.7 Å². The third kappa shape index (κ3) is 3.22. The fourth-order valence-electron chi connectivity index (χ4n) is 2.65. The van der Waals surface area contributed by atoms with Crippen molar-refractivity contribution in [3.05, 3.63) is 30.1 Å². The molecule has 24 heavy (non-hydrogen) atoms. The molecule has 0 spiro atoms. The van der Waals surface area contributed by atoms with Crippen LogP contribution < -0.4 is 10.1 Å². The summed E-state index contributed by atoms with van der Waals surface area (Å²) in [5.74, 6) is -0.412. The van der Waals surface area contributed by atoms with E-state index in [0.717, 1.165) is 11.3 Å². The summed E-state index contributed by atoms with van der Waals surface area (Å²) >= 11 is 0. The number of rotatable bonds is 6. The molecule has 8 nitrogen and oxygen atoms in total. The van der Waals surface area contributed by atoms with Gasteiger partial charge in [0.15, 0.2) is 5.82 Å². The third-order valence-electron chi connectivity index (χ3n) is 4.24. The van der Waals surface area contributed by atoms with Crippen LogP contribution in [0.5, 0.6) is 5.75 Å². The van der Waals surface area contributed by atoms with E-state index in [2.05, 4.69) is 20.5 Å².